The van der Waals surface area contributed by atoms with Gasteiger partial charge in [-0.3, -0.25) is 4.98 Å². The van der Waals surface area contributed by atoms with Gasteiger partial charge >= 0.3 is 5.97 Å². The molecule has 1 aromatic heterocycles. The van der Waals surface area contributed by atoms with Crippen LogP contribution in [0.3, 0.4) is 0 Å². The summed E-state index contributed by atoms with van der Waals surface area (Å²) in [6, 6.07) is 5.31. The Morgan fingerprint density at radius 2 is 2.25 bits per heavy atom. The fraction of sp³-hybridized carbons (Fsp3) is 0.0769. The van der Waals surface area contributed by atoms with Gasteiger partial charge in [0.15, 0.2) is 0 Å². The highest BCUT2D eigenvalue weighted by Gasteiger charge is 2.04. The first-order chi connectivity index (χ1) is 7.74. The number of carbonyl (C=O) groups excluding carboxylic acids is 1. The van der Waals surface area contributed by atoms with Crippen LogP contribution in [0, 0.1) is 0 Å². The van der Waals surface area contributed by atoms with Crippen LogP contribution >= 0.6 is 0 Å². The van der Waals surface area contributed by atoms with Gasteiger partial charge in [-0.05, 0) is 19.1 Å². The summed E-state index contributed by atoms with van der Waals surface area (Å²) in [5.74, 6) is -0.218. The summed E-state index contributed by atoms with van der Waals surface area (Å²) in [7, 11) is 0. The lowest BCUT2D eigenvalue weighted by Gasteiger charge is -2.03. The van der Waals surface area contributed by atoms with E-state index in [1.807, 2.05) is 13.0 Å². The Morgan fingerprint density at radius 1 is 1.44 bits per heavy atom. The molecule has 16 heavy (non-hydrogen) atoms. The quantitative estimate of drug-likeness (QED) is 0.335. The zero-order valence-corrected chi connectivity index (χ0v) is 9.09. The maximum absolute atomic E-state index is 11.3. The van der Waals surface area contributed by atoms with E-state index in [-0.39, 0.29) is 5.76 Å². The zero-order chi connectivity index (χ0) is 11.8. The maximum atomic E-state index is 11.3. The number of rotatable bonds is 4. The zero-order valence-electron chi connectivity index (χ0n) is 9.09. The summed E-state index contributed by atoms with van der Waals surface area (Å²) in [4.78, 5) is 15.3. The maximum Gasteiger partial charge on any atom is 0.336 e. The van der Waals surface area contributed by atoms with Crippen molar-refractivity contribution in [3.05, 3.63) is 61.0 Å². The summed E-state index contributed by atoms with van der Waals surface area (Å²) < 4.78 is 4.97. The molecule has 0 aromatic carbocycles. The Kier molecular flexibility index (Phi) is 4.73. The van der Waals surface area contributed by atoms with Crippen molar-refractivity contribution in [3.8, 4) is 0 Å². The summed E-state index contributed by atoms with van der Waals surface area (Å²) >= 11 is 0. The van der Waals surface area contributed by atoms with Gasteiger partial charge in [-0.15, -0.1) is 0 Å². The average Bonchev–Trinajstić information content (AvgIpc) is 2.30. The third kappa shape index (κ3) is 3.92. The highest BCUT2D eigenvalue weighted by Crippen LogP contribution is 2.10. The van der Waals surface area contributed by atoms with E-state index in [0.717, 1.165) is 0 Å². The van der Waals surface area contributed by atoms with Crippen LogP contribution < -0.4 is 0 Å². The van der Waals surface area contributed by atoms with Crippen LogP contribution in [0.4, 0.5) is 0 Å². The van der Waals surface area contributed by atoms with Crippen LogP contribution in [0.1, 0.15) is 12.6 Å². The lowest BCUT2D eigenvalue weighted by atomic mass is 10.3. The van der Waals surface area contributed by atoms with Crippen LogP contribution in [-0.2, 0) is 9.53 Å². The molecule has 1 heterocycles. The fourth-order valence-corrected chi connectivity index (χ4v) is 0.981. The Balaban J connectivity index is 2.56. The number of pyridine rings is 1. The van der Waals surface area contributed by atoms with Gasteiger partial charge in [0.1, 0.15) is 11.5 Å². The minimum atomic E-state index is -0.464. The topological polar surface area (TPSA) is 39.2 Å². The molecule has 0 aliphatic carbocycles. The van der Waals surface area contributed by atoms with Crippen molar-refractivity contribution in [1.29, 1.82) is 0 Å². The molecule has 0 radical (unpaired) electrons. The van der Waals surface area contributed by atoms with E-state index in [9.17, 15) is 4.79 Å². The molecule has 0 unspecified atom stereocenters. The number of hydrogen-bond acceptors (Lipinski definition) is 3. The average molecular weight is 215 g/mol. The Morgan fingerprint density at radius 3 is 2.88 bits per heavy atom. The molecule has 0 fully saturated rings. The number of aromatic nitrogens is 1. The number of esters is 1. The number of hydrogen-bond donors (Lipinski definition) is 0. The number of carbonyl (C=O) groups is 1. The smallest absolute Gasteiger partial charge is 0.336 e. The molecule has 1 rings (SSSR count). The minimum absolute atomic E-state index is 0.246. The first-order valence-corrected chi connectivity index (χ1v) is 4.85. The van der Waals surface area contributed by atoms with Crippen LogP contribution in [0.15, 0.2) is 55.3 Å². The molecular formula is C13H13NO2. The summed E-state index contributed by atoms with van der Waals surface area (Å²) in [5, 5.41) is 0. The molecule has 0 amide bonds. The molecule has 0 N–H and O–H groups in total. The van der Waals surface area contributed by atoms with Gasteiger partial charge in [0, 0.05) is 12.3 Å². The van der Waals surface area contributed by atoms with Crippen molar-refractivity contribution >= 4 is 11.7 Å². The van der Waals surface area contributed by atoms with Gasteiger partial charge in [-0.1, -0.05) is 30.9 Å². The van der Waals surface area contributed by atoms with E-state index in [1.54, 1.807) is 36.5 Å². The van der Waals surface area contributed by atoms with E-state index >= 15 is 0 Å². The fourth-order valence-electron chi connectivity index (χ4n) is 0.981. The molecule has 3 nitrogen and oxygen atoms in total. The van der Waals surface area contributed by atoms with Crippen molar-refractivity contribution in [1.82, 2.24) is 4.98 Å². The van der Waals surface area contributed by atoms with Gasteiger partial charge in [0.2, 0.25) is 0 Å². The number of nitrogens with zero attached hydrogens (tertiary/aromatic N) is 1. The van der Waals surface area contributed by atoms with Crippen LogP contribution in [0.25, 0.3) is 5.76 Å². The molecular weight excluding hydrogens is 202 g/mol. The second-order valence-corrected chi connectivity index (χ2v) is 2.94. The van der Waals surface area contributed by atoms with Gasteiger partial charge in [-0.2, -0.15) is 0 Å². The van der Waals surface area contributed by atoms with Gasteiger partial charge < -0.3 is 4.74 Å². The molecule has 0 saturated heterocycles. The minimum Gasteiger partial charge on any atom is -0.422 e. The second-order valence-electron chi connectivity index (χ2n) is 2.94. The number of ether oxygens (including phenoxy) is 1. The Hall–Kier alpha value is -2.16. The normalized spacial score (nSPS) is 10.8. The molecule has 0 spiro atoms. The monoisotopic (exact) mass is 215 g/mol. The molecule has 82 valence electrons. The Bertz CT molecular complexity index is 419. The standard InChI is InChI=1S/C13H13NO2/c1-3-4-5-9-13(15)16-11(2)12-8-6-7-10-14-12/h3-10H,2H2,1H3/b4-3+,9-5+. The highest BCUT2D eigenvalue weighted by molar-refractivity contribution is 5.86. The second kappa shape index (κ2) is 6.35. The molecule has 3 heteroatoms. The van der Waals surface area contributed by atoms with Crippen molar-refractivity contribution in [2.45, 2.75) is 6.92 Å². The summed E-state index contributed by atoms with van der Waals surface area (Å²) in [6.07, 6.45) is 8.11. The van der Waals surface area contributed by atoms with E-state index < -0.39 is 5.97 Å². The Labute approximate surface area is 94.8 Å². The number of allylic oxidation sites excluding steroid dienone is 3. The predicted molar refractivity (Wildman–Crippen MR) is 63.3 cm³/mol. The molecule has 0 atom stereocenters. The third-order valence-corrected chi connectivity index (χ3v) is 1.71. The largest absolute Gasteiger partial charge is 0.422 e. The molecule has 1 aromatic rings. The predicted octanol–water partition coefficient (Wildman–Crippen LogP) is 2.73. The first-order valence-electron chi connectivity index (χ1n) is 4.85. The van der Waals surface area contributed by atoms with E-state index in [4.69, 9.17) is 4.74 Å². The van der Waals surface area contributed by atoms with E-state index in [0.29, 0.717) is 5.69 Å². The van der Waals surface area contributed by atoms with Crippen molar-refractivity contribution in [2.24, 2.45) is 0 Å². The molecule has 0 aliphatic rings. The van der Waals surface area contributed by atoms with Crippen molar-refractivity contribution in [3.63, 3.8) is 0 Å². The highest BCUT2D eigenvalue weighted by atomic mass is 16.5. The van der Waals surface area contributed by atoms with Gasteiger partial charge in [-0.25, -0.2) is 4.79 Å². The first kappa shape index (κ1) is 11.9. The molecule has 0 saturated carbocycles. The van der Waals surface area contributed by atoms with E-state index in [1.165, 1.54) is 6.08 Å². The molecule has 0 bridgehead atoms. The van der Waals surface area contributed by atoms with Crippen LogP contribution in [-0.4, -0.2) is 11.0 Å². The van der Waals surface area contributed by atoms with Crippen molar-refractivity contribution in [2.75, 3.05) is 0 Å². The molecule has 0 aliphatic heterocycles. The van der Waals surface area contributed by atoms with Crippen LogP contribution in [0.2, 0.25) is 0 Å². The van der Waals surface area contributed by atoms with Crippen LogP contribution in [0.5, 0.6) is 0 Å². The third-order valence-electron chi connectivity index (χ3n) is 1.71. The lowest BCUT2D eigenvalue weighted by molar-refractivity contribution is -0.131. The summed E-state index contributed by atoms with van der Waals surface area (Å²) in [5.41, 5.74) is 0.551. The summed E-state index contributed by atoms with van der Waals surface area (Å²) in [6.45, 7) is 5.50. The van der Waals surface area contributed by atoms with Gasteiger partial charge in [0.05, 0.1) is 0 Å². The SMILES string of the molecule is C=C(OC(=O)/C=C/C=C/C)c1ccccn1. The lowest BCUT2D eigenvalue weighted by Crippen LogP contribution is -2.00. The van der Waals surface area contributed by atoms with Crippen molar-refractivity contribution < 1.29 is 9.53 Å². The van der Waals surface area contributed by atoms with Gasteiger partial charge in [0.25, 0.3) is 0 Å². The van der Waals surface area contributed by atoms with E-state index in [2.05, 4.69) is 11.6 Å².